The molecule has 1 aromatic heterocycles. The van der Waals surface area contributed by atoms with Gasteiger partial charge in [0.15, 0.2) is 5.78 Å². The number of hydrogen-bond acceptors (Lipinski definition) is 3. The second-order valence-electron chi connectivity index (χ2n) is 2.58. The van der Waals surface area contributed by atoms with Gasteiger partial charge in [-0.25, -0.2) is 4.98 Å². The topological polar surface area (TPSA) is 53.8 Å². The number of carbonyl (C=O) groups is 1. The summed E-state index contributed by atoms with van der Waals surface area (Å²) in [7, 11) is 0. The lowest BCUT2D eigenvalue weighted by Crippen LogP contribution is -1.99. The molecule has 0 radical (unpaired) electrons. The summed E-state index contributed by atoms with van der Waals surface area (Å²) in [6, 6.07) is 5.11. The van der Waals surface area contributed by atoms with Gasteiger partial charge in [-0.05, 0) is 35.0 Å². The van der Waals surface area contributed by atoms with Gasteiger partial charge in [-0.1, -0.05) is 0 Å². The Hall–Kier alpha value is -1.21. The third-order valence-corrected chi connectivity index (χ3v) is 1.89. The smallest absolute Gasteiger partial charge is 0.177 e. The molecule has 0 bridgehead atoms. The molecule has 0 aliphatic heterocycles. The Morgan fingerprint density at radius 1 is 1.69 bits per heavy atom. The number of pyridine rings is 1. The number of nitriles is 1. The van der Waals surface area contributed by atoms with Gasteiger partial charge < -0.3 is 0 Å². The Bertz CT molecular complexity index is 361. The third-order valence-electron chi connectivity index (χ3n) is 1.48. The maximum atomic E-state index is 11.3. The number of aromatic nitrogens is 1. The van der Waals surface area contributed by atoms with Gasteiger partial charge in [-0.3, -0.25) is 4.79 Å². The quantitative estimate of drug-likeness (QED) is 0.587. The fourth-order valence-corrected chi connectivity index (χ4v) is 1.49. The molecule has 66 valence electrons. The summed E-state index contributed by atoms with van der Waals surface area (Å²) in [5.41, 5.74) is 1.29. The van der Waals surface area contributed by atoms with Crippen molar-refractivity contribution in [3.05, 3.63) is 28.0 Å². The number of rotatable bonds is 2. The van der Waals surface area contributed by atoms with Gasteiger partial charge >= 0.3 is 0 Å². The van der Waals surface area contributed by atoms with Gasteiger partial charge in [0, 0.05) is 11.3 Å². The van der Waals surface area contributed by atoms with Crippen molar-refractivity contribution in [1.29, 1.82) is 5.26 Å². The van der Waals surface area contributed by atoms with Crippen LogP contribution in [0.25, 0.3) is 0 Å². The van der Waals surface area contributed by atoms with Crippen LogP contribution in [0.1, 0.15) is 22.5 Å². The highest BCUT2D eigenvalue weighted by molar-refractivity contribution is 9.10. The number of aryl methyl sites for hydroxylation is 1. The predicted molar refractivity (Wildman–Crippen MR) is 51.2 cm³/mol. The Morgan fingerprint density at radius 3 is 2.92 bits per heavy atom. The largest absolute Gasteiger partial charge is 0.293 e. The first kappa shape index (κ1) is 9.87. The molecule has 0 aliphatic carbocycles. The van der Waals surface area contributed by atoms with E-state index in [9.17, 15) is 4.79 Å². The van der Waals surface area contributed by atoms with Crippen molar-refractivity contribution < 1.29 is 4.79 Å². The highest BCUT2D eigenvalue weighted by Crippen LogP contribution is 2.12. The minimum Gasteiger partial charge on any atom is -0.293 e. The van der Waals surface area contributed by atoms with Crippen LogP contribution in [0.5, 0.6) is 0 Å². The second-order valence-corrected chi connectivity index (χ2v) is 3.39. The van der Waals surface area contributed by atoms with E-state index in [1.165, 1.54) is 0 Å². The molecular formula is C9H7BrN2O. The number of Topliss-reactive ketones (excluding diaryl/α,β-unsaturated/α-hetero) is 1. The van der Waals surface area contributed by atoms with Crippen molar-refractivity contribution in [2.75, 3.05) is 0 Å². The minimum absolute atomic E-state index is 0.0874. The van der Waals surface area contributed by atoms with E-state index < -0.39 is 0 Å². The minimum atomic E-state index is -0.172. The van der Waals surface area contributed by atoms with Crippen LogP contribution in [0, 0.1) is 18.3 Å². The second kappa shape index (κ2) is 4.15. The number of halogens is 1. The molecule has 0 atom stereocenters. The molecule has 3 nitrogen and oxygen atoms in total. The molecule has 13 heavy (non-hydrogen) atoms. The first-order chi connectivity index (χ1) is 6.13. The van der Waals surface area contributed by atoms with Crippen LogP contribution in [0.3, 0.4) is 0 Å². The zero-order chi connectivity index (χ0) is 9.84. The SMILES string of the molecule is Cc1cc(C(=O)CC#N)cc(Br)n1. The van der Waals surface area contributed by atoms with Crippen molar-refractivity contribution in [2.45, 2.75) is 13.3 Å². The molecular weight excluding hydrogens is 232 g/mol. The van der Waals surface area contributed by atoms with Gasteiger partial charge in [-0.2, -0.15) is 5.26 Å². The molecule has 1 aromatic rings. The molecule has 0 spiro atoms. The molecule has 1 heterocycles. The summed E-state index contributed by atoms with van der Waals surface area (Å²) in [6.07, 6.45) is -0.0874. The lowest BCUT2D eigenvalue weighted by molar-refractivity contribution is 0.0997. The van der Waals surface area contributed by atoms with Crippen molar-refractivity contribution in [1.82, 2.24) is 4.98 Å². The van der Waals surface area contributed by atoms with Crippen LogP contribution < -0.4 is 0 Å². The van der Waals surface area contributed by atoms with Crippen LogP contribution in [0.2, 0.25) is 0 Å². The molecule has 0 unspecified atom stereocenters. The summed E-state index contributed by atoms with van der Waals surface area (Å²) in [5.74, 6) is -0.172. The number of hydrogen-bond donors (Lipinski definition) is 0. The average Bonchev–Trinajstić information content (AvgIpc) is 2.03. The van der Waals surface area contributed by atoms with Gasteiger partial charge in [0.05, 0.1) is 12.5 Å². The van der Waals surface area contributed by atoms with E-state index in [-0.39, 0.29) is 12.2 Å². The number of nitrogens with zero attached hydrogens (tertiary/aromatic N) is 2. The van der Waals surface area contributed by atoms with Crippen LogP contribution in [0.4, 0.5) is 0 Å². The van der Waals surface area contributed by atoms with Crippen molar-refractivity contribution in [2.24, 2.45) is 0 Å². The molecule has 0 N–H and O–H groups in total. The summed E-state index contributed by atoms with van der Waals surface area (Å²) in [5, 5.41) is 8.34. The third kappa shape index (κ3) is 2.63. The van der Waals surface area contributed by atoms with Crippen molar-refractivity contribution in [3.63, 3.8) is 0 Å². The highest BCUT2D eigenvalue weighted by Gasteiger charge is 2.06. The Kier molecular flexibility index (Phi) is 3.15. The van der Waals surface area contributed by atoms with Crippen LogP contribution in [-0.2, 0) is 0 Å². The Balaban J connectivity index is 3.02. The van der Waals surface area contributed by atoms with Gasteiger partial charge in [0.25, 0.3) is 0 Å². The Labute approximate surface area is 84.5 Å². The molecule has 0 fully saturated rings. The van der Waals surface area contributed by atoms with E-state index in [2.05, 4.69) is 20.9 Å². The molecule has 4 heteroatoms. The van der Waals surface area contributed by atoms with E-state index in [0.717, 1.165) is 5.69 Å². The number of carbonyl (C=O) groups excluding carboxylic acids is 1. The molecule has 1 rings (SSSR count). The van der Waals surface area contributed by atoms with Crippen molar-refractivity contribution in [3.8, 4) is 6.07 Å². The summed E-state index contributed by atoms with van der Waals surface area (Å²) < 4.78 is 0.619. The van der Waals surface area contributed by atoms with Crippen LogP contribution in [-0.4, -0.2) is 10.8 Å². The van der Waals surface area contributed by atoms with Crippen LogP contribution >= 0.6 is 15.9 Å². The normalized spacial score (nSPS) is 9.31. The van der Waals surface area contributed by atoms with Gasteiger partial charge in [-0.15, -0.1) is 0 Å². The van der Waals surface area contributed by atoms with E-state index in [1.54, 1.807) is 19.1 Å². The first-order valence-corrected chi connectivity index (χ1v) is 4.47. The van der Waals surface area contributed by atoms with E-state index in [0.29, 0.717) is 10.2 Å². The monoisotopic (exact) mass is 238 g/mol. The fourth-order valence-electron chi connectivity index (χ4n) is 0.963. The standard InChI is InChI=1S/C9H7BrN2O/c1-6-4-7(5-9(10)12-6)8(13)2-3-11/h4-5H,2H2,1H3. The highest BCUT2D eigenvalue weighted by atomic mass is 79.9. The number of ketones is 1. The summed E-state index contributed by atoms with van der Waals surface area (Å²) in [4.78, 5) is 15.3. The maximum Gasteiger partial charge on any atom is 0.177 e. The molecule has 0 amide bonds. The van der Waals surface area contributed by atoms with E-state index >= 15 is 0 Å². The van der Waals surface area contributed by atoms with E-state index in [4.69, 9.17) is 5.26 Å². The fraction of sp³-hybridized carbons (Fsp3) is 0.222. The summed E-state index contributed by atoms with van der Waals surface area (Å²) in [6.45, 7) is 1.80. The molecule has 0 saturated carbocycles. The van der Waals surface area contributed by atoms with Gasteiger partial charge in [0.2, 0.25) is 0 Å². The Morgan fingerprint density at radius 2 is 2.38 bits per heavy atom. The van der Waals surface area contributed by atoms with Gasteiger partial charge in [0.1, 0.15) is 4.60 Å². The predicted octanol–water partition coefficient (Wildman–Crippen LogP) is 2.25. The lowest BCUT2D eigenvalue weighted by Gasteiger charge is -1.99. The molecule has 0 saturated heterocycles. The van der Waals surface area contributed by atoms with Crippen LogP contribution in [0.15, 0.2) is 16.7 Å². The lowest BCUT2D eigenvalue weighted by atomic mass is 10.1. The zero-order valence-corrected chi connectivity index (χ0v) is 8.63. The molecule has 0 aliphatic rings. The first-order valence-electron chi connectivity index (χ1n) is 3.68. The van der Waals surface area contributed by atoms with E-state index in [1.807, 2.05) is 6.07 Å². The average molecular weight is 239 g/mol. The zero-order valence-electron chi connectivity index (χ0n) is 7.04. The molecule has 0 aromatic carbocycles. The van der Waals surface area contributed by atoms with Crippen molar-refractivity contribution >= 4 is 21.7 Å². The maximum absolute atomic E-state index is 11.3. The summed E-state index contributed by atoms with van der Waals surface area (Å²) >= 11 is 3.19.